The molecule has 2 heterocycles. The number of carbonyl (C=O) groups is 2. The number of aryl methyl sites for hydroxylation is 2. The number of nitrogens with zero attached hydrogens (tertiary/aromatic N) is 1. The van der Waals surface area contributed by atoms with Crippen LogP contribution in [0.15, 0.2) is 18.2 Å². The summed E-state index contributed by atoms with van der Waals surface area (Å²) >= 11 is 7.39. The first-order valence-corrected chi connectivity index (χ1v) is 10.5. The van der Waals surface area contributed by atoms with Crippen LogP contribution in [0.5, 0.6) is 0 Å². The van der Waals surface area contributed by atoms with Gasteiger partial charge in [-0.25, -0.2) is 4.98 Å². The van der Waals surface area contributed by atoms with Crippen LogP contribution in [-0.2, 0) is 22.6 Å². The van der Waals surface area contributed by atoms with Crippen molar-refractivity contribution in [3.8, 4) is 0 Å². The Kier molecular flexibility index (Phi) is 6.82. The van der Waals surface area contributed by atoms with Crippen LogP contribution in [0.25, 0.3) is 0 Å². The molecule has 1 aliphatic rings. The second kappa shape index (κ2) is 9.13. The van der Waals surface area contributed by atoms with Gasteiger partial charge in [0.2, 0.25) is 5.78 Å². The number of halogens is 1. The van der Waals surface area contributed by atoms with Crippen LogP contribution in [0.1, 0.15) is 45.6 Å². The van der Waals surface area contributed by atoms with Gasteiger partial charge in [-0.15, -0.1) is 11.3 Å². The van der Waals surface area contributed by atoms with Crippen molar-refractivity contribution >= 4 is 34.6 Å². The van der Waals surface area contributed by atoms with Gasteiger partial charge in [-0.2, -0.15) is 0 Å². The van der Waals surface area contributed by atoms with Gasteiger partial charge in [0.15, 0.2) is 0 Å². The molecule has 2 aromatic rings. The maximum atomic E-state index is 12.6. The Labute approximate surface area is 173 Å². The van der Waals surface area contributed by atoms with Crippen LogP contribution < -0.4 is 10.6 Å². The van der Waals surface area contributed by atoms with Gasteiger partial charge in [0.25, 0.3) is 5.91 Å². The lowest BCUT2D eigenvalue weighted by atomic mass is 10.0. The predicted octanol–water partition coefficient (Wildman–Crippen LogP) is 2.63. The standard InChI is InChI=1S/C20H24ClN3O3S/c1-11-8-13(5-6-14(11)21)9-16(26)19(27)24-18(15-4-3-7-22-15)20-23-12(2)17(10-25)28-20/h5-6,8,15,18,22,25H,3-4,7,9-10H2,1-2H3,(H,24,27). The number of nitrogens with one attached hydrogen (secondary N) is 2. The predicted molar refractivity (Wildman–Crippen MR) is 110 cm³/mol. The number of Topliss-reactive ketones (excluding diaryl/α,β-unsaturated/α-hetero) is 1. The highest BCUT2D eigenvalue weighted by molar-refractivity contribution is 7.11. The Morgan fingerprint density at radius 1 is 1.43 bits per heavy atom. The van der Waals surface area contributed by atoms with Crippen LogP contribution in [0.2, 0.25) is 5.02 Å². The summed E-state index contributed by atoms with van der Waals surface area (Å²) < 4.78 is 0. The first-order chi connectivity index (χ1) is 13.4. The molecule has 1 saturated heterocycles. The number of thiazole rings is 1. The molecule has 3 N–H and O–H groups in total. The largest absolute Gasteiger partial charge is 0.391 e. The molecule has 1 fully saturated rings. The van der Waals surface area contributed by atoms with Gasteiger partial charge in [0, 0.05) is 17.5 Å². The van der Waals surface area contributed by atoms with E-state index in [1.165, 1.54) is 11.3 Å². The normalized spacial score (nSPS) is 17.5. The molecule has 0 spiro atoms. The van der Waals surface area contributed by atoms with Crippen molar-refractivity contribution in [2.75, 3.05) is 6.54 Å². The van der Waals surface area contributed by atoms with Crippen LogP contribution >= 0.6 is 22.9 Å². The number of rotatable bonds is 7. The number of aliphatic hydroxyl groups excluding tert-OH is 1. The molecular formula is C20H24ClN3O3S. The zero-order chi connectivity index (χ0) is 20.3. The Morgan fingerprint density at radius 2 is 2.21 bits per heavy atom. The average molecular weight is 422 g/mol. The third-order valence-electron chi connectivity index (χ3n) is 4.95. The van der Waals surface area contributed by atoms with Crippen molar-refractivity contribution < 1.29 is 14.7 Å². The van der Waals surface area contributed by atoms with Crippen LogP contribution in [0.3, 0.4) is 0 Å². The van der Waals surface area contributed by atoms with E-state index in [4.69, 9.17) is 11.6 Å². The number of carbonyl (C=O) groups excluding carboxylic acids is 2. The fourth-order valence-electron chi connectivity index (χ4n) is 3.36. The van der Waals surface area contributed by atoms with Gasteiger partial charge in [0.05, 0.1) is 23.2 Å². The van der Waals surface area contributed by atoms with E-state index in [-0.39, 0.29) is 19.1 Å². The van der Waals surface area contributed by atoms with Gasteiger partial charge in [-0.05, 0) is 50.4 Å². The highest BCUT2D eigenvalue weighted by atomic mass is 35.5. The Bertz CT molecular complexity index is 878. The minimum Gasteiger partial charge on any atom is -0.391 e. The number of benzene rings is 1. The quantitative estimate of drug-likeness (QED) is 0.598. The minimum atomic E-state index is -0.621. The van der Waals surface area contributed by atoms with Crippen LogP contribution in [0.4, 0.5) is 0 Å². The molecule has 0 saturated carbocycles. The van der Waals surface area contributed by atoms with Crippen molar-refractivity contribution in [3.63, 3.8) is 0 Å². The summed E-state index contributed by atoms with van der Waals surface area (Å²) in [5.74, 6) is -1.12. The van der Waals surface area contributed by atoms with E-state index in [0.717, 1.165) is 41.1 Å². The van der Waals surface area contributed by atoms with Crippen molar-refractivity contribution in [1.29, 1.82) is 0 Å². The van der Waals surface area contributed by atoms with E-state index >= 15 is 0 Å². The molecule has 0 aliphatic carbocycles. The average Bonchev–Trinajstić information content (AvgIpc) is 3.32. The zero-order valence-electron chi connectivity index (χ0n) is 15.9. The first-order valence-electron chi connectivity index (χ1n) is 9.28. The molecule has 1 aromatic carbocycles. The van der Waals surface area contributed by atoms with E-state index in [2.05, 4.69) is 15.6 Å². The Hall–Kier alpha value is -1.80. The summed E-state index contributed by atoms with van der Waals surface area (Å²) in [6.07, 6.45) is 1.92. The van der Waals surface area contributed by atoms with E-state index < -0.39 is 17.7 Å². The number of hydrogen-bond donors (Lipinski definition) is 3. The summed E-state index contributed by atoms with van der Waals surface area (Å²) in [4.78, 5) is 30.4. The lowest BCUT2D eigenvalue weighted by molar-refractivity contribution is -0.138. The van der Waals surface area contributed by atoms with E-state index in [1.807, 2.05) is 19.9 Å². The van der Waals surface area contributed by atoms with Crippen LogP contribution in [0, 0.1) is 13.8 Å². The molecule has 150 valence electrons. The SMILES string of the molecule is Cc1cc(CC(=O)C(=O)NC(c2nc(C)c(CO)s2)C2CCCN2)ccc1Cl. The molecule has 0 bridgehead atoms. The monoisotopic (exact) mass is 421 g/mol. The summed E-state index contributed by atoms with van der Waals surface area (Å²) in [6.45, 7) is 4.48. The van der Waals surface area contributed by atoms with Crippen molar-refractivity contribution in [3.05, 3.63) is 49.9 Å². The van der Waals surface area contributed by atoms with Crippen molar-refractivity contribution in [2.45, 2.75) is 51.8 Å². The van der Waals surface area contributed by atoms with Crippen molar-refractivity contribution in [1.82, 2.24) is 15.6 Å². The molecule has 1 aliphatic heterocycles. The Balaban J connectivity index is 1.74. The maximum absolute atomic E-state index is 12.6. The second-order valence-corrected chi connectivity index (χ2v) is 8.58. The summed E-state index contributed by atoms with van der Waals surface area (Å²) in [7, 11) is 0. The van der Waals surface area contributed by atoms with Crippen molar-refractivity contribution in [2.24, 2.45) is 0 Å². The van der Waals surface area contributed by atoms with E-state index in [0.29, 0.717) is 10.0 Å². The van der Waals surface area contributed by atoms with Gasteiger partial charge < -0.3 is 15.7 Å². The van der Waals surface area contributed by atoms with Gasteiger partial charge in [-0.3, -0.25) is 9.59 Å². The fraction of sp³-hybridized carbons (Fsp3) is 0.450. The smallest absolute Gasteiger partial charge is 0.288 e. The van der Waals surface area contributed by atoms with E-state index in [9.17, 15) is 14.7 Å². The highest BCUT2D eigenvalue weighted by Gasteiger charge is 2.31. The summed E-state index contributed by atoms with van der Waals surface area (Å²) in [5, 5.41) is 17.1. The highest BCUT2D eigenvalue weighted by Crippen LogP contribution is 2.29. The molecular weight excluding hydrogens is 398 g/mol. The summed E-state index contributed by atoms with van der Waals surface area (Å²) in [5.41, 5.74) is 2.38. The zero-order valence-corrected chi connectivity index (χ0v) is 17.5. The van der Waals surface area contributed by atoms with Gasteiger partial charge >= 0.3 is 0 Å². The van der Waals surface area contributed by atoms with Crippen LogP contribution in [-0.4, -0.2) is 34.4 Å². The molecule has 8 heteroatoms. The minimum absolute atomic E-state index is 0.0200. The maximum Gasteiger partial charge on any atom is 0.288 e. The number of hydrogen-bond acceptors (Lipinski definition) is 6. The second-order valence-electron chi connectivity index (χ2n) is 7.06. The lowest BCUT2D eigenvalue weighted by Crippen LogP contribution is -2.43. The molecule has 1 aromatic heterocycles. The fourth-order valence-corrected chi connectivity index (χ4v) is 4.53. The molecule has 6 nitrogen and oxygen atoms in total. The third kappa shape index (κ3) is 4.78. The lowest BCUT2D eigenvalue weighted by Gasteiger charge is -2.23. The molecule has 2 unspecified atom stereocenters. The Morgan fingerprint density at radius 3 is 2.82 bits per heavy atom. The third-order valence-corrected chi connectivity index (χ3v) is 6.60. The number of ketones is 1. The molecule has 2 atom stereocenters. The number of aromatic nitrogens is 1. The number of amides is 1. The van der Waals surface area contributed by atoms with Gasteiger partial charge in [0.1, 0.15) is 5.01 Å². The van der Waals surface area contributed by atoms with E-state index in [1.54, 1.807) is 12.1 Å². The van der Waals surface area contributed by atoms with Gasteiger partial charge in [-0.1, -0.05) is 23.7 Å². The summed E-state index contributed by atoms with van der Waals surface area (Å²) in [6, 6.07) is 4.94. The first kappa shape index (κ1) is 20.9. The molecule has 28 heavy (non-hydrogen) atoms. The molecule has 1 amide bonds. The molecule has 3 rings (SSSR count). The topological polar surface area (TPSA) is 91.3 Å². The molecule has 0 radical (unpaired) electrons. The number of aliphatic hydroxyl groups is 1.